The van der Waals surface area contributed by atoms with Gasteiger partial charge < -0.3 is 15.2 Å². The number of hydrogen-bond donors (Lipinski definition) is 1. The lowest BCUT2D eigenvalue weighted by molar-refractivity contribution is 0.103. The number of halogens is 1. The Kier molecular flexibility index (Phi) is 3.36. The molecule has 2 aromatic rings. The first-order valence-electron chi connectivity index (χ1n) is 6.14. The predicted octanol–water partition coefficient (Wildman–Crippen LogP) is 3.03. The summed E-state index contributed by atoms with van der Waals surface area (Å²) in [6.45, 7) is 0.968. The van der Waals surface area contributed by atoms with E-state index in [1.165, 1.54) is 0 Å². The van der Waals surface area contributed by atoms with Gasteiger partial charge in [-0.1, -0.05) is 15.9 Å². The van der Waals surface area contributed by atoms with Gasteiger partial charge in [-0.3, -0.25) is 4.79 Å². The lowest BCUT2D eigenvalue weighted by Gasteiger charge is -2.19. The van der Waals surface area contributed by atoms with Crippen molar-refractivity contribution in [3.63, 3.8) is 0 Å². The Hall–Kier alpha value is -2.01. The van der Waals surface area contributed by atoms with Crippen molar-refractivity contribution in [1.82, 2.24) is 0 Å². The molecule has 0 atom stereocenters. The van der Waals surface area contributed by atoms with E-state index in [4.69, 9.17) is 15.2 Å². The van der Waals surface area contributed by atoms with E-state index in [0.29, 0.717) is 41.5 Å². The van der Waals surface area contributed by atoms with Crippen molar-refractivity contribution in [2.75, 3.05) is 18.9 Å². The van der Waals surface area contributed by atoms with Crippen LogP contribution in [0.5, 0.6) is 11.5 Å². The van der Waals surface area contributed by atoms with Gasteiger partial charge in [0.1, 0.15) is 13.2 Å². The van der Waals surface area contributed by atoms with Gasteiger partial charge in [-0.2, -0.15) is 0 Å². The van der Waals surface area contributed by atoms with Crippen LogP contribution in [0.3, 0.4) is 0 Å². The number of nitrogens with two attached hydrogens (primary N) is 1. The molecule has 0 unspecified atom stereocenters. The van der Waals surface area contributed by atoms with Gasteiger partial charge in [0.15, 0.2) is 17.3 Å². The van der Waals surface area contributed by atoms with Crippen LogP contribution in [0.2, 0.25) is 0 Å². The van der Waals surface area contributed by atoms with Crippen molar-refractivity contribution >= 4 is 27.4 Å². The highest BCUT2D eigenvalue weighted by atomic mass is 79.9. The molecular weight excluding hydrogens is 322 g/mol. The van der Waals surface area contributed by atoms with Crippen LogP contribution in [0, 0.1) is 0 Å². The van der Waals surface area contributed by atoms with E-state index >= 15 is 0 Å². The Balaban J connectivity index is 2.01. The molecule has 0 bridgehead atoms. The van der Waals surface area contributed by atoms with Gasteiger partial charge in [-0.15, -0.1) is 0 Å². The number of hydrogen-bond acceptors (Lipinski definition) is 4. The number of nitrogen functional groups attached to an aromatic ring is 1. The Morgan fingerprint density at radius 1 is 1.05 bits per heavy atom. The van der Waals surface area contributed by atoms with Crippen LogP contribution in [-0.4, -0.2) is 19.0 Å². The molecule has 4 nitrogen and oxygen atoms in total. The second-order valence-corrected chi connectivity index (χ2v) is 5.33. The molecule has 0 amide bonds. The highest BCUT2D eigenvalue weighted by molar-refractivity contribution is 9.10. The number of anilines is 1. The van der Waals surface area contributed by atoms with E-state index in [-0.39, 0.29) is 5.78 Å². The summed E-state index contributed by atoms with van der Waals surface area (Å²) in [5.41, 5.74) is 7.35. The Bertz CT molecular complexity index is 668. The smallest absolute Gasteiger partial charge is 0.195 e. The Labute approximate surface area is 124 Å². The van der Waals surface area contributed by atoms with Gasteiger partial charge in [0.25, 0.3) is 0 Å². The summed E-state index contributed by atoms with van der Waals surface area (Å²) in [6.07, 6.45) is 0. The highest BCUT2D eigenvalue weighted by Gasteiger charge is 2.19. The molecule has 2 N–H and O–H groups in total. The van der Waals surface area contributed by atoms with Gasteiger partial charge in [0.05, 0.1) is 0 Å². The van der Waals surface area contributed by atoms with Crippen LogP contribution < -0.4 is 15.2 Å². The summed E-state index contributed by atoms with van der Waals surface area (Å²) in [5, 5.41) is 0. The van der Waals surface area contributed by atoms with Gasteiger partial charge in [-0.25, -0.2) is 0 Å². The molecule has 0 aliphatic carbocycles. The van der Waals surface area contributed by atoms with Crippen molar-refractivity contribution in [3.8, 4) is 11.5 Å². The maximum Gasteiger partial charge on any atom is 0.195 e. The molecule has 2 aromatic carbocycles. The van der Waals surface area contributed by atoms with E-state index in [1.807, 2.05) is 12.1 Å². The number of ether oxygens (including phenoxy) is 2. The van der Waals surface area contributed by atoms with Gasteiger partial charge in [0, 0.05) is 27.4 Å². The number of carbonyl (C=O) groups excluding carboxylic acids is 1. The molecule has 0 spiro atoms. The molecule has 1 heterocycles. The number of benzene rings is 2. The van der Waals surface area contributed by atoms with E-state index < -0.39 is 0 Å². The zero-order chi connectivity index (χ0) is 14.1. The fraction of sp³-hybridized carbons (Fsp3) is 0.133. The Morgan fingerprint density at radius 3 is 2.30 bits per heavy atom. The average molecular weight is 334 g/mol. The lowest BCUT2D eigenvalue weighted by Crippen LogP contribution is -2.16. The number of carbonyl (C=O) groups is 1. The maximum atomic E-state index is 12.5. The van der Waals surface area contributed by atoms with E-state index in [9.17, 15) is 4.79 Å². The molecule has 0 saturated heterocycles. The van der Waals surface area contributed by atoms with E-state index in [2.05, 4.69) is 15.9 Å². The fourth-order valence-corrected chi connectivity index (χ4v) is 2.32. The summed E-state index contributed by atoms with van der Waals surface area (Å²) < 4.78 is 11.8. The summed E-state index contributed by atoms with van der Waals surface area (Å²) in [6, 6.07) is 10.4. The van der Waals surface area contributed by atoms with Crippen LogP contribution in [0.1, 0.15) is 15.9 Å². The lowest BCUT2D eigenvalue weighted by atomic mass is 10.0. The molecular formula is C15H12BrNO3. The quantitative estimate of drug-likeness (QED) is 0.677. The predicted molar refractivity (Wildman–Crippen MR) is 79.4 cm³/mol. The minimum Gasteiger partial charge on any atom is -0.486 e. The zero-order valence-corrected chi connectivity index (χ0v) is 12.1. The molecule has 3 rings (SSSR count). The summed E-state index contributed by atoms with van der Waals surface area (Å²) >= 11 is 3.34. The van der Waals surface area contributed by atoms with Crippen LogP contribution in [-0.2, 0) is 0 Å². The third kappa shape index (κ3) is 2.36. The fourth-order valence-electron chi connectivity index (χ4n) is 2.06. The minimum absolute atomic E-state index is 0.132. The minimum atomic E-state index is -0.132. The van der Waals surface area contributed by atoms with Crippen LogP contribution >= 0.6 is 15.9 Å². The van der Waals surface area contributed by atoms with E-state index in [1.54, 1.807) is 24.3 Å². The van der Waals surface area contributed by atoms with Crippen LogP contribution in [0.15, 0.2) is 40.9 Å². The monoisotopic (exact) mass is 333 g/mol. The van der Waals surface area contributed by atoms with Crippen molar-refractivity contribution in [1.29, 1.82) is 0 Å². The molecule has 0 fully saturated rings. The molecule has 5 heteroatoms. The number of ketones is 1. The van der Waals surface area contributed by atoms with Crippen molar-refractivity contribution in [2.45, 2.75) is 0 Å². The van der Waals surface area contributed by atoms with E-state index in [0.717, 1.165) is 4.47 Å². The molecule has 0 radical (unpaired) electrons. The number of fused-ring (bicyclic) bond motifs is 1. The van der Waals surface area contributed by atoms with Gasteiger partial charge in [-0.05, 0) is 30.3 Å². The molecule has 0 aromatic heterocycles. The third-order valence-corrected chi connectivity index (χ3v) is 3.59. The highest BCUT2D eigenvalue weighted by Crippen LogP contribution is 2.35. The average Bonchev–Trinajstić information content (AvgIpc) is 2.46. The second-order valence-electron chi connectivity index (χ2n) is 4.42. The first kappa shape index (κ1) is 13.0. The second kappa shape index (κ2) is 5.17. The van der Waals surface area contributed by atoms with Crippen molar-refractivity contribution in [2.24, 2.45) is 0 Å². The normalized spacial score (nSPS) is 13.1. The molecule has 102 valence electrons. The topological polar surface area (TPSA) is 61.6 Å². The molecule has 1 aliphatic rings. The van der Waals surface area contributed by atoms with Crippen molar-refractivity contribution in [3.05, 3.63) is 52.0 Å². The summed E-state index contributed by atoms with van der Waals surface area (Å²) in [5.74, 6) is 1.01. The van der Waals surface area contributed by atoms with Crippen LogP contribution in [0.4, 0.5) is 5.69 Å². The first-order chi connectivity index (χ1) is 9.65. The summed E-state index contributed by atoms with van der Waals surface area (Å²) in [7, 11) is 0. The van der Waals surface area contributed by atoms with Gasteiger partial charge in [0.2, 0.25) is 0 Å². The standard InChI is InChI=1S/C15H12BrNO3/c16-10-3-1-9(2-4-10)15(18)11-7-13-14(8-12(11)17)20-6-5-19-13/h1-4,7-8H,5-6,17H2. The largest absolute Gasteiger partial charge is 0.486 e. The first-order valence-corrected chi connectivity index (χ1v) is 6.94. The molecule has 0 saturated carbocycles. The van der Waals surface area contributed by atoms with Gasteiger partial charge >= 0.3 is 0 Å². The molecule has 1 aliphatic heterocycles. The molecule has 20 heavy (non-hydrogen) atoms. The SMILES string of the molecule is Nc1cc2c(cc1C(=O)c1ccc(Br)cc1)OCCO2. The zero-order valence-electron chi connectivity index (χ0n) is 10.6. The third-order valence-electron chi connectivity index (χ3n) is 3.07. The summed E-state index contributed by atoms with van der Waals surface area (Å²) in [4.78, 5) is 12.5. The Morgan fingerprint density at radius 2 is 1.65 bits per heavy atom. The maximum absolute atomic E-state index is 12.5. The van der Waals surface area contributed by atoms with Crippen LogP contribution in [0.25, 0.3) is 0 Å². The van der Waals surface area contributed by atoms with Crippen molar-refractivity contribution < 1.29 is 14.3 Å². The number of rotatable bonds is 2.